The standard InChI is InChI=1S/C20H15BrN2O2S/c1-20-11-15(14-4-2-3-5-16(14)25-20)23-18(24)17(26-19(23)22-20)10-12-6-8-13(21)9-7-12/h2-10,15H,11H2,1H3/b17-10-/t15-,20-/m0/s1. The van der Waals surface area contributed by atoms with E-state index in [1.54, 1.807) is 0 Å². The molecule has 2 aromatic carbocycles. The van der Waals surface area contributed by atoms with Crippen molar-refractivity contribution in [2.75, 3.05) is 0 Å². The number of nitrogens with zero attached hydrogens (tertiary/aromatic N) is 2. The van der Waals surface area contributed by atoms with Gasteiger partial charge >= 0.3 is 0 Å². The highest BCUT2D eigenvalue weighted by Gasteiger charge is 2.42. The molecule has 4 nitrogen and oxygen atoms in total. The van der Waals surface area contributed by atoms with E-state index in [0.717, 1.165) is 26.2 Å². The molecule has 2 aliphatic heterocycles. The van der Waals surface area contributed by atoms with E-state index < -0.39 is 5.72 Å². The summed E-state index contributed by atoms with van der Waals surface area (Å²) < 4.78 is 9.68. The molecule has 0 saturated heterocycles. The lowest BCUT2D eigenvalue weighted by molar-refractivity contribution is 0.0410. The van der Waals surface area contributed by atoms with E-state index in [2.05, 4.69) is 15.9 Å². The molecular weight excluding hydrogens is 412 g/mol. The van der Waals surface area contributed by atoms with Crippen LogP contribution in [0.3, 0.4) is 0 Å². The van der Waals surface area contributed by atoms with Crippen LogP contribution >= 0.6 is 27.3 Å². The normalized spacial score (nSPS) is 23.6. The Hall–Kier alpha value is -2.18. The lowest BCUT2D eigenvalue weighted by atomic mass is 9.93. The van der Waals surface area contributed by atoms with Gasteiger partial charge in [-0.15, -0.1) is 0 Å². The van der Waals surface area contributed by atoms with Gasteiger partial charge in [0.1, 0.15) is 5.75 Å². The van der Waals surface area contributed by atoms with Crippen molar-refractivity contribution in [1.29, 1.82) is 0 Å². The molecule has 3 aromatic rings. The summed E-state index contributed by atoms with van der Waals surface area (Å²) in [7, 11) is 0. The van der Waals surface area contributed by atoms with Crippen LogP contribution in [0.25, 0.3) is 6.08 Å². The monoisotopic (exact) mass is 426 g/mol. The van der Waals surface area contributed by atoms with Crippen molar-refractivity contribution >= 4 is 33.3 Å². The molecule has 0 N–H and O–H groups in total. The third-order valence-electron chi connectivity index (χ3n) is 4.83. The number of hydrogen-bond acceptors (Lipinski definition) is 4. The topological polar surface area (TPSA) is 43.6 Å². The molecule has 6 heteroatoms. The van der Waals surface area contributed by atoms with Crippen molar-refractivity contribution in [3.8, 4) is 5.75 Å². The van der Waals surface area contributed by atoms with Crippen LogP contribution in [-0.4, -0.2) is 10.3 Å². The van der Waals surface area contributed by atoms with Crippen LogP contribution in [0.2, 0.25) is 0 Å². The molecular formula is C20H15BrN2O2S. The van der Waals surface area contributed by atoms with Gasteiger partial charge in [0.25, 0.3) is 5.56 Å². The quantitative estimate of drug-likeness (QED) is 0.599. The Morgan fingerprint density at radius 2 is 2.04 bits per heavy atom. The van der Waals surface area contributed by atoms with E-state index in [-0.39, 0.29) is 11.6 Å². The minimum absolute atomic E-state index is 0.0143. The number of aromatic nitrogens is 1. The molecule has 0 radical (unpaired) electrons. The zero-order valence-electron chi connectivity index (χ0n) is 14.0. The molecule has 130 valence electrons. The number of para-hydroxylation sites is 1. The molecule has 0 fully saturated rings. The van der Waals surface area contributed by atoms with Crippen LogP contribution in [0.4, 0.5) is 0 Å². The van der Waals surface area contributed by atoms with Crippen LogP contribution in [0, 0.1) is 0 Å². The van der Waals surface area contributed by atoms with E-state index in [0.29, 0.717) is 11.0 Å². The summed E-state index contributed by atoms with van der Waals surface area (Å²) >= 11 is 4.87. The zero-order chi connectivity index (χ0) is 17.9. The Balaban J connectivity index is 1.74. The molecule has 3 heterocycles. The zero-order valence-corrected chi connectivity index (χ0v) is 16.4. The first-order valence-electron chi connectivity index (χ1n) is 8.39. The highest BCUT2D eigenvalue weighted by molar-refractivity contribution is 9.10. The van der Waals surface area contributed by atoms with Crippen LogP contribution in [0.15, 0.2) is 62.8 Å². The lowest BCUT2D eigenvalue weighted by Gasteiger charge is -2.39. The number of thiazole rings is 1. The van der Waals surface area contributed by atoms with Gasteiger partial charge in [-0.2, -0.15) is 0 Å². The predicted octanol–water partition coefficient (Wildman–Crippen LogP) is 3.22. The van der Waals surface area contributed by atoms with Gasteiger partial charge in [0.05, 0.1) is 10.6 Å². The summed E-state index contributed by atoms with van der Waals surface area (Å²) in [6, 6.07) is 15.8. The summed E-state index contributed by atoms with van der Waals surface area (Å²) in [6.07, 6.45) is 2.60. The van der Waals surface area contributed by atoms with Gasteiger partial charge in [0.2, 0.25) is 5.72 Å². The molecule has 0 amide bonds. The maximum atomic E-state index is 13.1. The summed E-state index contributed by atoms with van der Waals surface area (Å²) in [6.45, 7) is 1.99. The molecule has 5 rings (SSSR count). The molecule has 2 atom stereocenters. The fraction of sp³-hybridized carbons (Fsp3) is 0.200. The van der Waals surface area contributed by atoms with Crippen molar-refractivity contribution in [2.45, 2.75) is 25.1 Å². The maximum Gasteiger partial charge on any atom is 0.270 e. The predicted molar refractivity (Wildman–Crippen MR) is 105 cm³/mol. The van der Waals surface area contributed by atoms with E-state index in [4.69, 9.17) is 9.73 Å². The summed E-state index contributed by atoms with van der Waals surface area (Å²) in [5, 5.41) is 0. The maximum absolute atomic E-state index is 13.1. The number of fused-ring (bicyclic) bond motifs is 6. The van der Waals surface area contributed by atoms with Gasteiger partial charge in [-0.3, -0.25) is 9.36 Å². The first-order chi connectivity index (χ1) is 12.5. The summed E-state index contributed by atoms with van der Waals surface area (Å²) in [5.41, 5.74) is 1.44. The second kappa shape index (κ2) is 5.66. The van der Waals surface area contributed by atoms with Crippen LogP contribution in [0.1, 0.15) is 30.5 Å². The average Bonchev–Trinajstić information content (AvgIpc) is 2.91. The van der Waals surface area contributed by atoms with Crippen molar-refractivity contribution in [3.05, 3.63) is 83.8 Å². The molecule has 0 unspecified atom stereocenters. The minimum atomic E-state index is -0.620. The lowest BCUT2D eigenvalue weighted by Crippen LogP contribution is -2.49. The Kier molecular flexibility index (Phi) is 3.49. The molecule has 2 bridgehead atoms. The molecule has 0 saturated carbocycles. The van der Waals surface area contributed by atoms with Gasteiger partial charge < -0.3 is 4.74 Å². The van der Waals surface area contributed by atoms with Crippen molar-refractivity contribution in [3.63, 3.8) is 0 Å². The molecule has 0 aliphatic carbocycles. The largest absolute Gasteiger partial charge is 0.466 e. The van der Waals surface area contributed by atoms with Gasteiger partial charge in [0, 0.05) is 16.5 Å². The fourth-order valence-corrected chi connectivity index (χ4v) is 5.04. The van der Waals surface area contributed by atoms with Crippen molar-refractivity contribution in [1.82, 2.24) is 4.57 Å². The van der Waals surface area contributed by atoms with Gasteiger partial charge in [-0.05, 0) is 36.8 Å². The average molecular weight is 427 g/mol. The Bertz CT molecular complexity index is 1200. The fourth-order valence-electron chi connectivity index (χ4n) is 3.65. The van der Waals surface area contributed by atoms with Gasteiger partial charge in [0.15, 0.2) is 4.80 Å². The number of benzene rings is 2. The Morgan fingerprint density at radius 3 is 2.85 bits per heavy atom. The Labute approximate surface area is 162 Å². The molecule has 2 aliphatic rings. The van der Waals surface area contributed by atoms with Gasteiger partial charge in [-0.1, -0.05) is 57.6 Å². The first kappa shape index (κ1) is 16.0. The number of rotatable bonds is 1. The number of halogens is 1. The van der Waals surface area contributed by atoms with E-state index >= 15 is 0 Å². The van der Waals surface area contributed by atoms with Crippen LogP contribution in [-0.2, 0) is 0 Å². The second-order valence-electron chi connectivity index (χ2n) is 6.77. The van der Waals surface area contributed by atoms with Gasteiger partial charge in [-0.25, -0.2) is 4.99 Å². The van der Waals surface area contributed by atoms with E-state index in [1.165, 1.54) is 11.3 Å². The SMILES string of the molecule is C[C@@]12C[C@@H](c3ccccc3O1)n1c(s/c(=C\c3ccc(Br)cc3)c1=O)=N2. The van der Waals surface area contributed by atoms with Crippen molar-refractivity contribution < 1.29 is 4.74 Å². The number of ether oxygens (including phenoxy) is 1. The van der Waals surface area contributed by atoms with Crippen LogP contribution in [0.5, 0.6) is 5.75 Å². The molecule has 26 heavy (non-hydrogen) atoms. The minimum Gasteiger partial charge on any atom is -0.466 e. The number of hydrogen-bond donors (Lipinski definition) is 0. The first-order valence-corrected chi connectivity index (χ1v) is 10.00. The van der Waals surface area contributed by atoms with E-state index in [1.807, 2.05) is 66.1 Å². The Morgan fingerprint density at radius 1 is 1.27 bits per heavy atom. The highest BCUT2D eigenvalue weighted by Crippen LogP contribution is 2.42. The second-order valence-corrected chi connectivity index (χ2v) is 8.69. The van der Waals surface area contributed by atoms with E-state index in [9.17, 15) is 4.79 Å². The smallest absolute Gasteiger partial charge is 0.270 e. The molecule has 1 aromatic heterocycles. The van der Waals surface area contributed by atoms with Crippen LogP contribution < -0.4 is 19.6 Å². The third-order valence-corrected chi connectivity index (χ3v) is 6.34. The van der Waals surface area contributed by atoms with Crippen molar-refractivity contribution in [2.24, 2.45) is 4.99 Å². The summed E-state index contributed by atoms with van der Waals surface area (Å²) in [4.78, 5) is 18.6. The third kappa shape index (κ3) is 2.47. The summed E-state index contributed by atoms with van der Waals surface area (Å²) in [5.74, 6) is 0.817. The highest BCUT2D eigenvalue weighted by atomic mass is 79.9. The molecule has 0 spiro atoms.